The van der Waals surface area contributed by atoms with Crippen LogP contribution in [-0.2, 0) is 4.74 Å². The molecule has 0 aromatic carbocycles. The van der Waals surface area contributed by atoms with Crippen LogP contribution in [0, 0.1) is 5.92 Å². The Morgan fingerprint density at radius 2 is 2.31 bits per heavy atom. The normalized spacial score (nSPS) is 42.2. The van der Waals surface area contributed by atoms with E-state index in [-0.39, 0.29) is 12.1 Å². The van der Waals surface area contributed by atoms with Gasteiger partial charge >= 0.3 is 0 Å². The van der Waals surface area contributed by atoms with Crippen LogP contribution in [0.15, 0.2) is 0 Å². The third kappa shape index (κ3) is 1.39. The van der Waals surface area contributed by atoms with Crippen LogP contribution in [0.1, 0.15) is 26.2 Å². The fraction of sp³-hybridized carbons (Fsp3) is 1.00. The van der Waals surface area contributed by atoms with Gasteiger partial charge in [0, 0.05) is 11.5 Å². The van der Waals surface area contributed by atoms with Crippen LogP contribution in [0.3, 0.4) is 0 Å². The van der Waals surface area contributed by atoms with Crippen LogP contribution < -0.4 is 5.32 Å². The van der Waals surface area contributed by atoms with Crippen LogP contribution in [0.2, 0.25) is 0 Å². The van der Waals surface area contributed by atoms with E-state index in [1.54, 1.807) is 0 Å². The van der Waals surface area contributed by atoms with Crippen molar-refractivity contribution in [1.29, 1.82) is 0 Å². The van der Waals surface area contributed by atoms with Crippen LogP contribution in [0.25, 0.3) is 0 Å². The first-order valence-electron chi connectivity index (χ1n) is 5.15. The summed E-state index contributed by atoms with van der Waals surface area (Å²) in [5.74, 6) is 0.487. The lowest BCUT2D eigenvalue weighted by atomic mass is 9.76. The molecule has 2 fully saturated rings. The smallest absolute Gasteiger partial charge is 0.0627 e. The molecule has 2 aliphatic rings. The summed E-state index contributed by atoms with van der Waals surface area (Å²) in [6, 6.07) is 0. The largest absolute Gasteiger partial charge is 0.394 e. The molecule has 0 saturated carbocycles. The van der Waals surface area contributed by atoms with Crippen LogP contribution in [0.5, 0.6) is 0 Å². The topological polar surface area (TPSA) is 41.5 Å². The van der Waals surface area contributed by atoms with Gasteiger partial charge in [-0.25, -0.2) is 0 Å². The predicted molar refractivity (Wildman–Crippen MR) is 50.6 cm³/mol. The van der Waals surface area contributed by atoms with Crippen molar-refractivity contribution in [3.05, 3.63) is 0 Å². The number of hydrogen-bond donors (Lipinski definition) is 2. The summed E-state index contributed by atoms with van der Waals surface area (Å²) >= 11 is 0. The van der Waals surface area contributed by atoms with Crippen molar-refractivity contribution >= 4 is 0 Å². The maximum absolute atomic E-state index is 9.36. The van der Waals surface area contributed by atoms with Gasteiger partial charge in [-0.1, -0.05) is 0 Å². The second kappa shape index (κ2) is 3.23. The third-order valence-corrected chi connectivity index (χ3v) is 3.82. The summed E-state index contributed by atoms with van der Waals surface area (Å²) in [7, 11) is 1.92. The summed E-state index contributed by atoms with van der Waals surface area (Å²) in [4.78, 5) is 0. The molecule has 0 aliphatic carbocycles. The Balaban J connectivity index is 2.08. The number of fused-ring (bicyclic) bond motifs is 2. The lowest BCUT2D eigenvalue weighted by Crippen LogP contribution is -2.53. The molecule has 76 valence electrons. The van der Waals surface area contributed by atoms with Crippen LogP contribution in [0.4, 0.5) is 0 Å². The average Bonchev–Trinajstić information content (AvgIpc) is 2.77. The highest BCUT2D eigenvalue weighted by atomic mass is 16.5. The van der Waals surface area contributed by atoms with Crippen molar-refractivity contribution in [2.45, 2.75) is 43.9 Å². The molecule has 2 aliphatic heterocycles. The number of likely N-dealkylation sites (N-methyl/N-ethyl adjacent to an activating group) is 1. The average molecular weight is 185 g/mol. The minimum absolute atomic E-state index is 0.153. The zero-order valence-electron chi connectivity index (χ0n) is 8.42. The first-order chi connectivity index (χ1) is 6.19. The summed E-state index contributed by atoms with van der Waals surface area (Å²) in [5.41, 5.74) is -0.153. The zero-order chi connectivity index (χ0) is 9.47. The molecule has 0 amide bonds. The van der Waals surface area contributed by atoms with Gasteiger partial charge in [0.15, 0.2) is 0 Å². The first-order valence-corrected chi connectivity index (χ1v) is 5.15. The van der Waals surface area contributed by atoms with Crippen molar-refractivity contribution in [2.75, 3.05) is 13.7 Å². The van der Waals surface area contributed by atoms with Gasteiger partial charge in [0.1, 0.15) is 0 Å². The second-order valence-corrected chi connectivity index (χ2v) is 4.54. The molecule has 0 aromatic rings. The standard InChI is InChI=1S/C10H19NO2/c1-10(6-12,11-2)8-5-7-3-4-9(8)13-7/h7-9,11-12H,3-6H2,1-2H3. The minimum Gasteiger partial charge on any atom is -0.394 e. The molecule has 13 heavy (non-hydrogen) atoms. The van der Waals surface area contributed by atoms with Gasteiger partial charge in [-0.2, -0.15) is 0 Å². The molecule has 2 saturated heterocycles. The number of rotatable bonds is 3. The molecule has 3 nitrogen and oxygen atoms in total. The van der Waals surface area contributed by atoms with Gasteiger partial charge in [0.2, 0.25) is 0 Å². The second-order valence-electron chi connectivity index (χ2n) is 4.54. The van der Waals surface area contributed by atoms with Crippen LogP contribution in [-0.4, -0.2) is 36.5 Å². The predicted octanol–water partition coefficient (Wildman–Crippen LogP) is 0.524. The number of aliphatic hydroxyl groups excluding tert-OH is 1. The number of nitrogens with one attached hydrogen (secondary N) is 1. The Labute approximate surface area is 79.5 Å². The number of ether oxygens (including phenoxy) is 1. The lowest BCUT2D eigenvalue weighted by Gasteiger charge is -2.37. The van der Waals surface area contributed by atoms with Gasteiger partial charge in [-0.15, -0.1) is 0 Å². The van der Waals surface area contributed by atoms with E-state index in [0.29, 0.717) is 18.1 Å². The Morgan fingerprint density at radius 3 is 2.69 bits per heavy atom. The summed E-state index contributed by atoms with van der Waals surface area (Å²) in [5, 5.41) is 12.6. The van der Waals surface area contributed by atoms with Crippen molar-refractivity contribution in [2.24, 2.45) is 5.92 Å². The van der Waals surface area contributed by atoms with E-state index in [1.807, 2.05) is 7.05 Å². The van der Waals surface area contributed by atoms with E-state index < -0.39 is 0 Å². The first kappa shape index (κ1) is 9.44. The van der Waals surface area contributed by atoms with Gasteiger partial charge < -0.3 is 15.2 Å². The van der Waals surface area contributed by atoms with E-state index in [9.17, 15) is 5.11 Å². The van der Waals surface area contributed by atoms with Crippen molar-refractivity contribution in [3.8, 4) is 0 Å². The SMILES string of the molecule is CNC(C)(CO)C1CC2CCC1O2. The van der Waals surface area contributed by atoms with Crippen LogP contribution >= 0.6 is 0 Å². The highest BCUT2D eigenvalue weighted by molar-refractivity contribution is 5.01. The third-order valence-electron chi connectivity index (χ3n) is 3.82. The molecule has 0 aromatic heterocycles. The highest BCUT2D eigenvalue weighted by Gasteiger charge is 2.48. The number of hydrogen-bond acceptors (Lipinski definition) is 3. The Bertz CT molecular complexity index is 191. The molecule has 0 spiro atoms. The summed E-state index contributed by atoms with van der Waals surface area (Å²) < 4.78 is 5.78. The van der Waals surface area contributed by atoms with Crippen molar-refractivity contribution in [1.82, 2.24) is 5.32 Å². The Hall–Kier alpha value is -0.120. The Morgan fingerprint density at radius 1 is 1.54 bits per heavy atom. The maximum Gasteiger partial charge on any atom is 0.0627 e. The van der Waals surface area contributed by atoms with E-state index in [2.05, 4.69) is 12.2 Å². The fourth-order valence-corrected chi connectivity index (χ4v) is 2.69. The monoisotopic (exact) mass is 185 g/mol. The lowest BCUT2D eigenvalue weighted by molar-refractivity contribution is 0.0524. The van der Waals surface area contributed by atoms with E-state index in [4.69, 9.17) is 4.74 Å². The molecular weight excluding hydrogens is 166 g/mol. The van der Waals surface area contributed by atoms with Crippen molar-refractivity contribution < 1.29 is 9.84 Å². The molecular formula is C10H19NO2. The molecule has 0 radical (unpaired) electrons. The van der Waals surface area contributed by atoms with E-state index in [0.717, 1.165) is 6.42 Å². The molecule has 2 bridgehead atoms. The molecule has 2 N–H and O–H groups in total. The fourth-order valence-electron chi connectivity index (χ4n) is 2.69. The van der Waals surface area contributed by atoms with Gasteiger partial charge in [-0.05, 0) is 33.2 Å². The molecule has 2 rings (SSSR count). The van der Waals surface area contributed by atoms with E-state index in [1.165, 1.54) is 12.8 Å². The summed E-state index contributed by atoms with van der Waals surface area (Å²) in [6.45, 7) is 2.28. The molecule has 4 atom stereocenters. The quantitative estimate of drug-likeness (QED) is 0.673. The maximum atomic E-state index is 9.36. The highest BCUT2D eigenvalue weighted by Crippen LogP contribution is 2.43. The minimum atomic E-state index is -0.153. The van der Waals surface area contributed by atoms with E-state index >= 15 is 0 Å². The summed E-state index contributed by atoms with van der Waals surface area (Å²) in [6.07, 6.45) is 4.35. The van der Waals surface area contributed by atoms with Crippen molar-refractivity contribution in [3.63, 3.8) is 0 Å². The molecule has 2 heterocycles. The molecule has 4 unspecified atom stereocenters. The van der Waals surface area contributed by atoms with Gasteiger partial charge in [0.05, 0.1) is 18.8 Å². The van der Waals surface area contributed by atoms with Gasteiger partial charge in [0.25, 0.3) is 0 Å². The number of aliphatic hydroxyl groups is 1. The molecule has 3 heteroatoms. The Kier molecular flexibility index (Phi) is 2.34. The van der Waals surface area contributed by atoms with Gasteiger partial charge in [-0.3, -0.25) is 0 Å². The zero-order valence-corrected chi connectivity index (χ0v) is 8.42.